The standard InChI is InChI=1S/C23H20N2O4/c24-23(25,20-18(21(26)27)10-5-11-19(20)22(28)29)17-9-4-8-16(14-17)13-12-15-6-2-1-3-7-15/h1-14H,24-25H2,(H,26,27)(H,28,29). The predicted octanol–water partition coefficient (Wildman–Crippen LogP) is 3.37. The molecule has 0 aliphatic rings. The van der Waals surface area contributed by atoms with E-state index in [1.54, 1.807) is 18.2 Å². The maximum Gasteiger partial charge on any atom is 0.336 e. The van der Waals surface area contributed by atoms with Gasteiger partial charge in [0.25, 0.3) is 0 Å². The number of rotatable bonds is 6. The first-order chi connectivity index (χ1) is 13.8. The highest BCUT2D eigenvalue weighted by atomic mass is 16.4. The molecule has 3 aromatic rings. The van der Waals surface area contributed by atoms with E-state index in [0.717, 1.165) is 11.1 Å². The molecule has 0 radical (unpaired) electrons. The van der Waals surface area contributed by atoms with E-state index in [-0.39, 0.29) is 16.7 Å². The summed E-state index contributed by atoms with van der Waals surface area (Å²) in [4.78, 5) is 23.4. The van der Waals surface area contributed by atoms with Crippen LogP contribution in [0.25, 0.3) is 12.2 Å². The Morgan fingerprint density at radius 2 is 1.24 bits per heavy atom. The van der Waals surface area contributed by atoms with Crippen molar-refractivity contribution in [1.29, 1.82) is 0 Å². The van der Waals surface area contributed by atoms with Crippen LogP contribution in [0.3, 0.4) is 0 Å². The molecule has 0 aliphatic heterocycles. The van der Waals surface area contributed by atoms with Gasteiger partial charge in [-0.05, 0) is 34.9 Å². The molecule has 146 valence electrons. The first-order valence-corrected chi connectivity index (χ1v) is 8.82. The van der Waals surface area contributed by atoms with Gasteiger partial charge in [0, 0.05) is 5.56 Å². The molecule has 3 aromatic carbocycles. The van der Waals surface area contributed by atoms with E-state index in [4.69, 9.17) is 11.5 Å². The van der Waals surface area contributed by atoms with Gasteiger partial charge in [-0.3, -0.25) is 0 Å². The summed E-state index contributed by atoms with van der Waals surface area (Å²) < 4.78 is 0. The Balaban J connectivity index is 2.08. The van der Waals surface area contributed by atoms with Crippen LogP contribution >= 0.6 is 0 Å². The number of aromatic carboxylic acids is 2. The minimum absolute atomic E-state index is 0.149. The van der Waals surface area contributed by atoms with Crippen LogP contribution in [0.5, 0.6) is 0 Å². The van der Waals surface area contributed by atoms with Crippen molar-refractivity contribution in [2.75, 3.05) is 0 Å². The van der Waals surface area contributed by atoms with E-state index in [1.165, 1.54) is 18.2 Å². The van der Waals surface area contributed by atoms with Crippen molar-refractivity contribution < 1.29 is 19.8 Å². The quantitative estimate of drug-likeness (QED) is 0.379. The smallest absolute Gasteiger partial charge is 0.336 e. The molecule has 0 aromatic heterocycles. The van der Waals surface area contributed by atoms with Crippen molar-refractivity contribution in [2.45, 2.75) is 5.66 Å². The second-order valence-corrected chi connectivity index (χ2v) is 6.58. The predicted molar refractivity (Wildman–Crippen MR) is 111 cm³/mol. The van der Waals surface area contributed by atoms with Gasteiger partial charge in [-0.2, -0.15) is 0 Å². The van der Waals surface area contributed by atoms with Gasteiger partial charge in [-0.15, -0.1) is 0 Å². The lowest BCUT2D eigenvalue weighted by molar-refractivity contribution is 0.0692. The summed E-state index contributed by atoms with van der Waals surface area (Å²) in [5, 5.41) is 19.1. The van der Waals surface area contributed by atoms with Gasteiger partial charge < -0.3 is 21.7 Å². The Kier molecular flexibility index (Phi) is 5.59. The third-order valence-electron chi connectivity index (χ3n) is 4.57. The lowest BCUT2D eigenvalue weighted by Crippen LogP contribution is -2.49. The molecule has 0 amide bonds. The Morgan fingerprint density at radius 1 is 0.724 bits per heavy atom. The van der Waals surface area contributed by atoms with Crippen molar-refractivity contribution in [2.24, 2.45) is 11.5 Å². The van der Waals surface area contributed by atoms with Crippen molar-refractivity contribution in [3.63, 3.8) is 0 Å². The summed E-state index contributed by atoms with van der Waals surface area (Å²) >= 11 is 0. The third kappa shape index (κ3) is 4.24. The number of carbonyl (C=O) groups is 2. The maximum atomic E-state index is 11.7. The topological polar surface area (TPSA) is 127 Å². The number of carboxylic acids is 2. The fraction of sp³-hybridized carbons (Fsp3) is 0.0435. The molecule has 0 atom stereocenters. The molecule has 0 fully saturated rings. The normalized spacial score (nSPS) is 11.5. The molecule has 3 rings (SSSR count). The van der Waals surface area contributed by atoms with Gasteiger partial charge in [-0.1, -0.05) is 66.7 Å². The highest BCUT2D eigenvalue weighted by Gasteiger charge is 2.34. The van der Waals surface area contributed by atoms with Crippen LogP contribution in [-0.4, -0.2) is 22.2 Å². The van der Waals surface area contributed by atoms with Crippen LogP contribution in [0.1, 0.15) is 43.0 Å². The molecule has 0 bridgehead atoms. The van der Waals surface area contributed by atoms with Crippen LogP contribution in [0, 0.1) is 0 Å². The maximum absolute atomic E-state index is 11.7. The van der Waals surface area contributed by atoms with Crippen LogP contribution in [-0.2, 0) is 5.66 Å². The summed E-state index contributed by atoms with van der Waals surface area (Å²) in [6, 6.07) is 20.6. The fourth-order valence-electron chi connectivity index (χ4n) is 3.16. The minimum Gasteiger partial charge on any atom is -0.478 e. The Labute approximate surface area is 167 Å². The van der Waals surface area contributed by atoms with Gasteiger partial charge in [0.15, 0.2) is 0 Å². The summed E-state index contributed by atoms with van der Waals surface area (Å²) in [6.45, 7) is 0. The zero-order valence-electron chi connectivity index (χ0n) is 15.4. The molecule has 6 N–H and O–H groups in total. The Morgan fingerprint density at radius 3 is 1.83 bits per heavy atom. The van der Waals surface area contributed by atoms with Crippen molar-refractivity contribution in [3.05, 3.63) is 106 Å². The molecule has 6 heteroatoms. The molecule has 0 saturated heterocycles. The second-order valence-electron chi connectivity index (χ2n) is 6.58. The van der Waals surface area contributed by atoms with Crippen LogP contribution in [0.2, 0.25) is 0 Å². The summed E-state index contributed by atoms with van der Waals surface area (Å²) in [5.41, 5.74) is 12.4. The van der Waals surface area contributed by atoms with Crippen molar-refractivity contribution >= 4 is 24.1 Å². The van der Waals surface area contributed by atoms with Gasteiger partial charge in [-0.25, -0.2) is 9.59 Å². The lowest BCUT2D eigenvalue weighted by atomic mass is 9.85. The molecular formula is C23H20N2O4. The largest absolute Gasteiger partial charge is 0.478 e. The zero-order valence-corrected chi connectivity index (χ0v) is 15.4. The van der Waals surface area contributed by atoms with E-state index in [1.807, 2.05) is 48.6 Å². The van der Waals surface area contributed by atoms with Crippen LogP contribution < -0.4 is 11.5 Å². The molecule has 29 heavy (non-hydrogen) atoms. The van der Waals surface area contributed by atoms with Gasteiger partial charge in [0.2, 0.25) is 0 Å². The van der Waals surface area contributed by atoms with E-state index in [9.17, 15) is 19.8 Å². The van der Waals surface area contributed by atoms with Gasteiger partial charge >= 0.3 is 11.9 Å². The van der Waals surface area contributed by atoms with E-state index in [2.05, 4.69) is 0 Å². The summed E-state index contributed by atoms with van der Waals surface area (Å²) in [6.07, 6.45) is 3.79. The second kappa shape index (κ2) is 8.10. The van der Waals surface area contributed by atoms with Gasteiger partial charge in [0.1, 0.15) is 5.66 Å². The number of benzene rings is 3. The van der Waals surface area contributed by atoms with Crippen LogP contribution in [0.4, 0.5) is 0 Å². The van der Waals surface area contributed by atoms with Crippen LogP contribution in [0.15, 0.2) is 72.8 Å². The monoisotopic (exact) mass is 388 g/mol. The van der Waals surface area contributed by atoms with Gasteiger partial charge in [0.05, 0.1) is 11.1 Å². The van der Waals surface area contributed by atoms with Crippen molar-refractivity contribution in [1.82, 2.24) is 0 Å². The molecule has 0 unspecified atom stereocenters. The van der Waals surface area contributed by atoms with E-state index < -0.39 is 17.6 Å². The number of hydrogen-bond donors (Lipinski definition) is 4. The first-order valence-electron chi connectivity index (χ1n) is 8.82. The first kappa shape index (κ1) is 20.0. The third-order valence-corrected chi connectivity index (χ3v) is 4.57. The minimum atomic E-state index is -1.82. The fourth-order valence-corrected chi connectivity index (χ4v) is 3.16. The Hall–Kier alpha value is -3.74. The highest BCUT2D eigenvalue weighted by Crippen LogP contribution is 2.29. The average molecular weight is 388 g/mol. The molecule has 0 saturated carbocycles. The van der Waals surface area contributed by atoms with E-state index in [0.29, 0.717) is 5.56 Å². The molecule has 0 spiro atoms. The summed E-state index contributed by atoms with van der Waals surface area (Å²) in [7, 11) is 0. The molecular weight excluding hydrogens is 368 g/mol. The molecule has 6 nitrogen and oxygen atoms in total. The zero-order chi connectivity index (χ0) is 21.0. The SMILES string of the molecule is NC(N)(c1cccc(C=Cc2ccccc2)c1)c1c(C(=O)O)cccc1C(=O)O. The Bertz CT molecular complexity index is 1060. The lowest BCUT2D eigenvalue weighted by Gasteiger charge is -2.29. The van der Waals surface area contributed by atoms with E-state index >= 15 is 0 Å². The molecule has 0 heterocycles. The number of hydrogen-bond acceptors (Lipinski definition) is 4. The molecule has 0 aliphatic carbocycles. The number of carboxylic acid groups (broad SMARTS) is 2. The summed E-state index contributed by atoms with van der Waals surface area (Å²) in [5.74, 6) is -2.60. The average Bonchev–Trinajstić information content (AvgIpc) is 2.72. The van der Waals surface area contributed by atoms with Crippen molar-refractivity contribution in [3.8, 4) is 0 Å². The number of nitrogens with two attached hydrogens (primary N) is 2. The highest BCUT2D eigenvalue weighted by molar-refractivity contribution is 5.97.